The molecule has 6 nitrogen and oxygen atoms in total. The Bertz CT molecular complexity index is 1000. The number of rotatable bonds is 4. The predicted octanol–water partition coefficient (Wildman–Crippen LogP) is 4.94. The van der Waals surface area contributed by atoms with Crippen LogP contribution in [0.4, 0.5) is 19.1 Å². The van der Waals surface area contributed by atoms with Crippen molar-refractivity contribution in [2.75, 3.05) is 5.32 Å². The summed E-state index contributed by atoms with van der Waals surface area (Å²) in [6.07, 6.45) is -0.0355. The van der Waals surface area contributed by atoms with E-state index in [0.29, 0.717) is 5.95 Å². The van der Waals surface area contributed by atoms with Crippen LogP contribution in [0, 0.1) is 0 Å². The molecule has 1 saturated carbocycles. The summed E-state index contributed by atoms with van der Waals surface area (Å²) in [7, 11) is 0. The first-order chi connectivity index (χ1) is 13.6. The summed E-state index contributed by atoms with van der Waals surface area (Å²) in [4.78, 5) is 11.8. The van der Waals surface area contributed by atoms with Crippen molar-refractivity contribution in [1.29, 1.82) is 0 Å². The fourth-order valence-electron chi connectivity index (χ4n) is 3.08. The van der Waals surface area contributed by atoms with Crippen molar-refractivity contribution in [2.24, 2.45) is 0 Å². The van der Waals surface area contributed by atoms with Gasteiger partial charge in [-0.25, -0.2) is 9.97 Å². The quantitative estimate of drug-likeness (QED) is 0.665. The van der Waals surface area contributed by atoms with Gasteiger partial charge >= 0.3 is 12.1 Å². The Morgan fingerprint density at radius 1 is 1.00 bits per heavy atom. The molecule has 0 saturated heterocycles. The second-order valence-electron chi connectivity index (χ2n) is 8.25. The minimum atomic E-state index is -4.69. The Morgan fingerprint density at radius 2 is 1.62 bits per heavy atom. The minimum absolute atomic E-state index is 0.0861. The number of anilines is 1. The molecule has 0 radical (unpaired) electrons. The summed E-state index contributed by atoms with van der Waals surface area (Å²) in [6, 6.07) is 8.50. The minimum Gasteiger partial charge on any atom is -0.345 e. The van der Waals surface area contributed by atoms with E-state index in [0.717, 1.165) is 18.4 Å². The van der Waals surface area contributed by atoms with E-state index in [1.807, 2.05) is 0 Å². The standard InChI is InChI=1S/C20H20F3N5O/c1-18(2,3)13-4-6-14(7-5-13)19(8-9-19)27-17-24-10-12(11-25-17)15-26-16(29-28-15)20(21,22)23/h4-7,10-11H,8-9H2,1-3H3,(H,24,25,27). The van der Waals surface area contributed by atoms with E-state index < -0.39 is 12.1 Å². The molecule has 4 rings (SSSR count). The molecule has 29 heavy (non-hydrogen) atoms. The number of hydrogen-bond donors (Lipinski definition) is 1. The van der Waals surface area contributed by atoms with Crippen LogP contribution in [0.25, 0.3) is 11.4 Å². The van der Waals surface area contributed by atoms with Crippen molar-refractivity contribution >= 4 is 5.95 Å². The molecule has 2 heterocycles. The Kier molecular flexibility index (Phi) is 4.36. The Labute approximate surface area is 165 Å². The highest BCUT2D eigenvalue weighted by Gasteiger charge is 2.45. The Morgan fingerprint density at radius 3 is 2.10 bits per heavy atom. The average molecular weight is 403 g/mol. The largest absolute Gasteiger partial charge is 0.471 e. The van der Waals surface area contributed by atoms with Gasteiger partial charge in [0.15, 0.2) is 0 Å². The van der Waals surface area contributed by atoms with E-state index in [-0.39, 0.29) is 22.3 Å². The van der Waals surface area contributed by atoms with Crippen molar-refractivity contribution in [3.8, 4) is 11.4 Å². The number of nitrogens with one attached hydrogen (secondary N) is 1. The normalized spacial score (nSPS) is 15.9. The lowest BCUT2D eigenvalue weighted by atomic mass is 9.86. The molecule has 1 fully saturated rings. The van der Waals surface area contributed by atoms with Gasteiger partial charge in [-0.2, -0.15) is 18.2 Å². The molecule has 3 aromatic rings. The van der Waals surface area contributed by atoms with E-state index in [4.69, 9.17) is 0 Å². The van der Waals surface area contributed by atoms with E-state index in [1.165, 1.54) is 18.0 Å². The van der Waals surface area contributed by atoms with E-state index in [9.17, 15) is 13.2 Å². The van der Waals surface area contributed by atoms with Gasteiger partial charge in [0.05, 0.1) is 11.1 Å². The molecule has 0 unspecified atom stereocenters. The number of hydrogen-bond acceptors (Lipinski definition) is 6. The summed E-state index contributed by atoms with van der Waals surface area (Å²) in [5.41, 5.74) is 2.53. The van der Waals surface area contributed by atoms with Gasteiger partial charge in [0.25, 0.3) is 0 Å². The van der Waals surface area contributed by atoms with Crippen LogP contribution in [0.1, 0.15) is 50.6 Å². The van der Waals surface area contributed by atoms with Gasteiger partial charge < -0.3 is 9.84 Å². The van der Waals surface area contributed by atoms with Crippen LogP contribution >= 0.6 is 0 Å². The third-order valence-corrected chi connectivity index (χ3v) is 4.98. The maximum atomic E-state index is 12.6. The van der Waals surface area contributed by atoms with Gasteiger partial charge in [-0.15, -0.1) is 0 Å². The molecule has 1 aliphatic carbocycles. The van der Waals surface area contributed by atoms with Crippen molar-refractivity contribution in [1.82, 2.24) is 20.1 Å². The van der Waals surface area contributed by atoms with E-state index in [1.54, 1.807) is 0 Å². The lowest BCUT2D eigenvalue weighted by Gasteiger charge is -2.22. The molecule has 9 heteroatoms. The molecule has 1 N–H and O–H groups in total. The van der Waals surface area contributed by atoms with Crippen LogP contribution in [-0.2, 0) is 17.1 Å². The number of alkyl halides is 3. The highest BCUT2D eigenvalue weighted by Crippen LogP contribution is 2.48. The molecule has 152 valence electrons. The average Bonchev–Trinajstić information content (AvgIpc) is 3.25. The summed E-state index contributed by atoms with van der Waals surface area (Å²) >= 11 is 0. The third kappa shape index (κ3) is 3.94. The van der Waals surface area contributed by atoms with Gasteiger partial charge in [-0.3, -0.25) is 0 Å². The van der Waals surface area contributed by atoms with Crippen molar-refractivity contribution in [3.63, 3.8) is 0 Å². The summed E-state index contributed by atoms with van der Waals surface area (Å²) in [5, 5.41) is 6.68. The maximum absolute atomic E-state index is 12.6. The molecule has 1 aliphatic rings. The fourth-order valence-corrected chi connectivity index (χ4v) is 3.08. The lowest BCUT2D eigenvalue weighted by Crippen LogP contribution is -2.21. The smallest absolute Gasteiger partial charge is 0.345 e. The van der Waals surface area contributed by atoms with Gasteiger partial charge in [-0.05, 0) is 29.4 Å². The van der Waals surface area contributed by atoms with Crippen molar-refractivity contribution < 1.29 is 17.7 Å². The second kappa shape index (κ2) is 6.53. The summed E-state index contributed by atoms with van der Waals surface area (Å²) in [5.74, 6) is -1.21. The molecule has 0 amide bonds. The zero-order valence-corrected chi connectivity index (χ0v) is 16.2. The topological polar surface area (TPSA) is 76.7 Å². The summed E-state index contributed by atoms with van der Waals surface area (Å²) < 4.78 is 42.0. The van der Waals surface area contributed by atoms with Gasteiger partial charge in [0, 0.05) is 12.4 Å². The Hall–Kier alpha value is -2.97. The zero-order chi connectivity index (χ0) is 20.9. The monoisotopic (exact) mass is 403 g/mol. The molecule has 1 aromatic carbocycles. The van der Waals surface area contributed by atoms with Crippen LogP contribution in [-0.4, -0.2) is 20.1 Å². The molecule has 0 aliphatic heterocycles. The van der Waals surface area contributed by atoms with Crippen molar-refractivity contribution in [2.45, 2.75) is 50.7 Å². The van der Waals surface area contributed by atoms with Gasteiger partial charge in [0.1, 0.15) is 0 Å². The molecule has 2 aromatic heterocycles. The SMILES string of the molecule is CC(C)(C)c1ccc(C2(Nc3ncc(-c4noc(C(F)(F)F)n4)cn3)CC2)cc1. The molecule has 0 bridgehead atoms. The predicted molar refractivity (Wildman–Crippen MR) is 100 cm³/mol. The summed E-state index contributed by atoms with van der Waals surface area (Å²) in [6.45, 7) is 6.51. The maximum Gasteiger partial charge on any atom is 0.471 e. The van der Waals surface area contributed by atoms with E-state index in [2.05, 4.69) is 75.0 Å². The highest BCUT2D eigenvalue weighted by atomic mass is 19.4. The van der Waals surface area contributed by atoms with Crippen LogP contribution in [0.2, 0.25) is 0 Å². The Balaban J connectivity index is 1.49. The lowest BCUT2D eigenvalue weighted by molar-refractivity contribution is -0.159. The number of halogens is 3. The first-order valence-electron chi connectivity index (χ1n) is 9.19. The first kappa shape index (κ1) is 19.4. The van der Waals surface area contributed by atoms with Crippen LogP contribution in [0.3, 0.4) is 0 Å². The number of nitrogens with zero attached hydrogens (tertiary/aromatic N) is 4. The highest BCUT2D eigenvalue weighted by molar-refractivity contribution is 5.53. The van der Waals surface area contributed by atoms with Crippen molar-refractivity contribution in [3.05, 3.63) is 53.7 Å². The molecular formula is C20H20F3N5O. The van der Waals surface area contributed by atoms with E-state index >= 15 is 0 Å². The second-order valence-corrected chi connectivity index (χ2v) is 8.25. The number of benzene rings is 1. The van der Waals surface area contributed by atoms with Gasteiger partial charge in [0.2, 0.25) is 11.8 Å². The van der Waals surface area contributed by atoms with Crippen LogP contribution < -0.4 is 5.32 Å². The fraction of sp³-hybridized carbons (Fsp3) is 0.400. The first-order valence-corrected chi connectivity index (χ1v) is 9.19. The molecule has 0 spiro atoms. The third-order valence-electron chi connectivity index (χ3n) is 4.98. The van der Waals surface area contributed by atoms with Crippen LogP contribution in [0.5, 0.6) is 0 Å². The molecule has 0 atom stereocenters. The van der Waals surface area contributed by atoms with Crippen LogP contribution in [0.15, 0.2) is 41.2 Å². The van der Waals surface area contributed by atoms with Gasteiger partial charge in [-0.1, -0.05) is 50.2 Å². The number of aromatic nitrogens is 4. The molecular weight excluding hydrogens is 383 g/mol. The zero-order valence-electron chi connectivity index (χ0n) is 16.2.